The molecule has 1 aromatic carbocycles. The Morgan fingerprint density at radius 2 is 1.95 bits per heavy atom. The number of aromatic nitrogens is 2. The van der Waals surface area contributed by atoms with Crippen LogP contribution in [0.15, 0.2) is 30.3 Å². The second-order valence-electron chi connectivity index (χ2n) is 4.79. The summed E-state index contributed by atoms with van der Waals surface area (Å²) in [5.41, 5.74) is 4.09. The third-order valence-electron chi connectivity index (χ3n) is 3.30. The van der Waals surface area contributed by atoms with Crippen LogP contribution >= 0.6 is 0 Å². The van der Waals surface area contributed by atoms with Gasteiger partial charge in [-0.15, -0.1) is 0 Å². The minimum absolute atomic E-state index is 0.0459. The molecule has 0 saturated carbocycles. The van der Waals surface area contributed by atoms with Gasteiger partial charge in [-0.3, -0.25) is 9.48 Å². The fourth-order valence-corrected chi connectivity index (χ4v) is 2.10. The monoisotopic (exact) mass is 272 g/mol. The molecule has 0 fully saturated rings. The van der Waals surface area contributed by atoms with E-state index in [1.807, 2.05) is 55.9 Å². The molecule has 1 amide bonds. The number of amides is 1. The Bertz CT molecular complexity index is 589. The highest BCUT2D eigenvalue weighted by atomic mass is 16.1. The quantitative estimate of drug-likeness (QED) is 0.872. The molecule has 1 aromatic heterocycles. The molecule has 0 aliphatic heterocycles. The summed E-state index contributed by atoms with van der Waals surface area (Å²) in [6, 6.07) is 9.44. The molecule has 2 aromatic rings. The van der Waals surface area contributed by atoms with Gasteiger partial charge in [0.2, 0.25) is 5.91 Å². The molecule has 0 aliphatic carbocycles. The second-order valence-corrected chi connectivity index (χ2v) is 4.79. The maximum Gasteiger partial charge on any atom is 0.238 e. The average molecular weight is 272 g/mol. The highest BCUT2D eigenvalue weighted by Crippen LogP contribution is 2.11. The molecule has 2 rings (SSSR count). The van der Waals surface area contributed by atoms with E-state index in [9.17, 15) is 4.79 Å². The first-order chi connectivity index (χ1) is 9.58. The van der Waals surface area contributed by atoms with Crippen LogP contribution in [-0.2, 0) is 18.4 Å². The number of para-hydroxylation sites is 1. The molecule has 2 N–H and O–H groups in total. The van der Waals surface area contributed by atoms with E-state index in [0.717, 1.165) is 22.6 Å². The van der Waals surface area contributed by atoms with Gasteiger partial charge in [0.1, 0.15) is 0 Å². The van der Waals surface area contributed by atoms with Crippen molar-refractivity contribution in [2.75, 3.05) is 11.9 Å². The Morgan fingerprint density at radius 3 is 2.55 bits per heavy atom. The lowest BCUT2D eigenvalue weighted by Crippen LogP contribution is -2.28. The van der Waals surface area contributed by atoms with Crippen LogP contribution in [0.2, 0.25) is 0 Å². The van der Waals surface area contributed by atoms with Crippen molar-refractivity contribution >= 4 is 11.6 Å². The van der Waals surface area contributed by atoms with Gasteiger partial charge >= 0.3 is 0 Å². The van der Waals surface area contributed by atoms with Crippen molar-refractivity contribution in [3.63, 3.8) is 0 Å². The largest absolute Gasteiger partial charge is 0.325 e. The van der Waals surface area contributed by atoms with Gasteiger partial charge in [0.05, 0.1) is 12.2 Å². The Kier molecular flexibility index (Phi) is 4.53. The van der Waals surface area contributed by atoms with Crippen molar-refractivity contribution < 1.29 is 4.79 Å². The maximum atomic E-state index is 11.8. The zero-order chi connectivity index (χ0) is 14.5. The molecule has 1 heterocycles. The molecule has 5 heteroatoms. The smallest absolute Gasteiger partial charge is 0.238 e. The van der Waals surface area contributed by atoms with Crippen LogP contribution in [0.5, 0.6) is 0 Å². The van der Waals surface area contributed by atoms with Gasteiger partial charge in [0.15, 0.2) is 0 Å². The number of carbonyl (C=O) groups excluding carboxylic acids is 1. The summed E-state index contributed by atoms with van der Waals surface area (Å²) >= 11 is 0. The van der Waals surface area contributed by atoms with E-state index >= 15 is 0 Å². The van der Waals surface area contributed by atoms with Crippen molar-refractivity contribution in [3.05, 3.63) is 47.3 Å². The van der Waals surface area contributed by atoms with Gasteiger partial charge in [-0.05, 0) is 26.0 Å². The molecule has 0 atom stereocenters. The molecule has 0 spiro atoms. The summed E-state index contributed by atoms with van der Waals surface area (Å²) in [5, 5.41) is 10.3. The van der Waals surface area contributed by atoms with Crippen molar-refractivity contribution in [1.82, 2.24) is 15.1 Å². The van der Waals surface area contributed by atoms with E-state index in [-0.39, 0.29) is 12.5 Å². The lowest BCUT2D eigenvalue weighted by atomic mass is 10.2. The standard InChI is InChI=1S/C15H20N4O/c1-11-14(12(2)19(3)18-11)9-16-10-15(20)17-13-7-5-4-6-8-13/h4-8,16H,9-10H2,1-3H3,(H,17,20). The van der Waals surface area contributed by atoms with E-state index in [2.05, 4.69) is 15.7 Å². The number of nitrogens with one attached hydrogen (secondary N) is 2. The van der Waals surface area contributed by atoms with Gasteiger partial charge in [-0.2, -0.15) is 5.10 Å². The number of carbonyl (C=O) groups is 1. The Morgan fingerprint density at radius 1 is 1.25 bits per heavy atom. The summed E-state index contributed by atoms with van der Waals surface area (Å²) in [7, 11) is 1.92. The first-order valence-corrected chi connectivity index (χ1v) is 6.62. The zero-order valence-electron chi connectivity index (χ0n) is 12.1. The van der Waals surface area contributed by atoms with Crippen molar-refractivity contribution in [3.8, 4) is 0 Å². The summed E-state index contributed by atoms with van der Waals surface area (Å²) in [6.07, 6.45) is 0. The molecule has 20 heavy (non-hydrogen) atoms. The Hall–Kier alpha value is -2.14. The fourth-order valence-electron chi connectivity index (χ4n) is 2.10. The van der Waals surface area contributed by atoms with Crippen LogP contribution in [0, 0.1) is 13.8 Å². The Labute approximate surface area is 119 Å². The summed E-state index contributed by atoms with van der Waals surface area (Å²) in [4.78, 5) is 11.8. The van der Waals surface area contributed by atoms with E-state index < -0.39 is 0 Å². The number of benzene rings is 1. The average Bonchev–Trinajstić information content (AvgIpc) is 2.66. The normalized spacial score (nSPS) is 10.6. The Balaban J connectivity index is 1.82. The third-order valence-corrected chi connectivity index (χ3v) is 3.30. The molecule has 5 nitrogen and oxygen atoms in total. The lowest BCUT2D eigenvalue weighted by Gasteiger charge is -2.07. The van der Waals surface area contributed by atoms with Gasteiger partial charge in [0.25, 0.3) is 0 Å². The predicted octanol–water partition coefficient (Wildman–Crippen LogP) is 1.77. The van der Waals surface area contributed by atoms with Crippen LogP contribution in [-0.4, -0.2) is 22.2 Å². The van der Waals surface area contributed by atoms with E-state index in [4.69, 9.17) is 0 Å². The number of aryl methyl sites for hydroxylation is 2. The van der Waals surface area contributed by atoms with Gasteiger partial charge in [-0.1, -0.05) is 18.2 Å². The maximum absolute atomic E-state index is 11.8. The first-order valence-electron chi connectivity index (χ1n) is 6.62. The van der Waals surface area contributed by atoms with Crippen LogP contribution in [0.25, 0.3) is 0 Å². The van der Waals surface area contributed by atoms with Crippen molar-refractivity contribution in [2.45, 2.75) is 20.4 Å². The second kappa shape index (κ2) is 6.34. The van der Waals surface area contributed by atoms with Gasteiger partial charge in [-0.25, -0.2) is 0 Å². The number of hydrogen-bond acceptors (Lipinski definition) is 3. The zero-order valence-corrected chi connectivity index (χ0v) is 12.1. The van der Waals surface area contributed by atoms with E-state index in [1.165, 1.54) is 0 Å². The summed E-state index contributed by atoms with van der Waals surface area (Å²) in [6.45, 7) is 4.94. The lowest BCUT2D eigenvalue weighted by molar-refractivity contribution is -0.115. The van der Waals surface area contributed by atoms with Gasteiger partial charge < -0.3 is 10.6 Å². The van der Waals surface area contributed by atoms with Crippen LogP contribution in [0.1, 0.15) is 17.0 Å². The molecule has 0 aliphatic rings. The molecule has 0 unspecified atom stereocenters. The highest BCUT2D eigenvalue weighted by Gasteiger charge is 2.09. The summed E-state index contributed by atoms with van der Waals surface area (Å²) in [5.74, 6) is -0.0459. The predicted molar refractivity (Wildman–Crippen MR) is 79.5 cm³/mol. The fraction of sp³-hybridized carbons (Fsp3) is 0.333. The highest BCUT2D eigenvalue weighted by molar-refractivity contribution is 5.92. The summed E-state index contributed by atoms with van der Waals surface area (Å²) < 4.78 is 1.86. The molecular weight excluding hydrogens is 252 g/mol. The topological polar surface area (TPSA) is 59.0 Å². The minimum atomic E-state index is -0.0459. The first kappa shape index (κ1) is 14.3. The molecule has 106 valence electrons. The van der Waals surface area contributed by atoms with Crippen LogP contribution in [0.4, 0.5) is 5.69 Å². The number of anilines is 1. The number of hydrogen-bond donors (Lipinski definition) is 2. The van der Waals surface area contributed by atoms with Crippen molar-refractivity contribution in [1.29, 1.82) is 0 Å². The van der Waals surface area contributed by atoms with Crippen molar-refractivity contribution in [2.24, 2.45) is 7.05 Å². The number of rotatable bonds is 5. The van der Waals surface area contributed by atoms with Gasteiger partial charge in [0, 0.05) is 30.5 Å². The molecule has 0 saturated heterocycles. The van der Waals surface area contributed by atoms with E-state index in [0.29, 0.717) is 6.54 Å². The third kappa shape index (κ3) is 3.45. The SMILES string of the molecule is Cc1nn(C)c(C)c1CNCC(=O)Nc1ccccc1. The minimum Gasteiger partial charge on any atom is -0.325 e. The van der Waals surface area contributed by atoms with Crippen LogP contribution in [0.3, 0.4) is 0 Å². The molecule has 0 radical (unpaired) electrons. The molecular formula is C15H20N4O. The number of nitrogens with zero attached hydrogens (tertiary/aromatic N) is 2. The molecule has 0 bridgehead atoms. The van der Waals surface area contributed by atoms with E-state index in [1.54, 1.807) is 0 Å². The van der Waals surface area contributed by atoms with Crippen LogP contribution < -0.4 is 10.6 Å².